The summed E-state index contributed by atoms with van der Waals surface area (Å²) in [6.07, 6.45) is 6.06. The number of aryl methyl sites for hydroxylation is 1. The molecule has 4 nitrogen and oxygen atoms in total. The first-order valence-corrected chi connectivity index (χ1v) is 11.2. The van der Waals surface area contributed by atoms with Gasteiger partial charge in [0, 0.05) is 49.2 Å². The minimum Gasteiger partial charge on any atom is -0.350 e. The zero-order valence-corrected chi connectivity index (χ0v) is 18.2. The van der Waals surface area contributed by atoms with Crippen molar-refractivity contribution < 1.29 is 4.79 Å². The molecular weight excluding hydrogens is 370 g/mol. The Labute approximate surface area is 179 Å². The highest BCUT2D eigenvalue weighted by Crippen LogP contribution is 2.27. The average molecular weight is 404 g/mol. The van der Waals surface area contributed by atoms with Gasteiger partial charge in [0.15, 0.2) is 5.78 Å². The molecule has 0 amide bonds. The first-order valence-electron chi connectivity index (χ1n) is 11.2. The lowest BCUT2D eigenvalue weighted by Crippen LogP contribution is -2.33. The fraction of sp³-hybridized carbons (Fsp3) is 0.423. The van der Waals surface area contributed by atoms with E-state index in [1.54, 1.807) is 0 Å². The van der Waals surface area contributed by atoms with Gasteiger partial charge in [-0.3, -0.25) is 9.69 Å². The van der Waals surface area contributed by atoms with Crippen molar-refractivity contribution in [2.75, 3.05) is 20.1 Å². The zero-order chi connectivity index (χ0) is 20.9. The Morgan fingerprint density at radius 2 is 1.83 bits per heavy atom. The van der Waals surface area contributed by atoms with Gasteiger partial charge in [0.2, 0.25) is 0 Å². The number of hydrogen-bond acceptors (Lipinski definition) is 3. The molecule has 4 heteroatoms. The van der Waals surface area contributed by atoms with Gasteiger partial charge in [0.25, 0.3) is 0 Å². The third kappa shape index (κ3) is 4.82. The van der Waals surface area contributed by atoms with Gasteiger partial charge in [0.1, 0.15) is 0 Å². The number of carbonyl (C=O) groups is 1. The normalized spacial score (nSPS) is 15.7. The summed E-state index contributed by atoms with van der Waals surface area (Å²) in [5.74, 6) is 0.949. The Kier molecular flexibility index (Phi) is 6.66. The molecule has 0 radical (unpaired) electrons. The van der Waals surface area contributed by atoms with E-state index < -0.39 is 0 Å². The lowest BCUT2D eigenvalue weighted by atomic mass is 9.90. The number of aromatic nitrogens is 1. The van der Waals surface area contributed by atoms with Gasteiger partial charge in [-0.25, -0.2) is 0 Å². The topological polar surface area (TPSA) is 37.3 Å². The van der Waals surface area contributed by atoms with Crippen LogP contribution in [0.25, 0.3) is 10.9 Å². The Hall–Kier alpha value is -2.43. The number of fused-ring (bicyclic) bond motifs is 1. The number of nitrogens with one attached hydrogen (secondary N) is 1. The van der Waals surface area contributed by atoms with Crippen LogP contribution in [0.1, 0.15) is 47.2 Å². The lowest BCUT2D eigenvalue weighted by Gasteiger charge is -2.32. The second kappa shape index (κ2) is 9.59. The largest absolute Gasteiger partial charge is 0.350 e. The maximum atomic E-state index is 13.0. The van der Waals surface area contributed by atoms with E-state index in [0.29, 0.717) is 12.3 Å². The predicted octanol–water partition coefficient (Wildman–Crippen LogP) is 4.77. The molecule has 158 valence electrons. The molecule has 2 heterocycles. The third-order valence-corrected chi connectivity index (χ3v) is 6.47. The van der Waals surface area contributed by atoms with E-state index in [2.05, 4.69) is 63.3 Å². The molecular formula is C26H33N3O. The third-order valence-electron chi connectivity index (χ3n) is 6.47. The predicted molar refractivity (Wildman–Crippen MR) is 124 cm³/mol. The molecule has 30 heavy (non-hydrogen) atoms. The monoisotopic (exact) mass is 403 g/mol. The summed E-state index contributed by atoms with van der Waals surface area (Å²) < 4.78 is 2.08. The molecule has 1 aliphatic heterocycles. The second-order valence-corrected chi connectivity index (χ2v) is 8.70. The number of ketones is 1. The van der Waals surface area contributed by atoms with Crippen LogP contribution in [-0.4, -0.2) is 35.4 Å². The van der Waals surface area contributed by atoms with Crippen molar-refractivity contribution in [1.29, 1.82) is 0 Å². The van der Waals surface area contributed by atoms with E-state index in [1.165, 1.54) is 24.0 Å². The number of rotatable bonds is 8. The van der Waals surface area contributed by atoms with Crippen LogP contribution in [0.5, 0.6) is 0 Å². The van der Waals surface area contributed by atoms with Crippen LogP contribution in [0.4, 0.5) is 0 Å². The standard InChI is InChI=1S/C26H33N3O/c1-27-17-22-8-10-25-23(16-22)24(19-28(25)2)26(30)11-9-20-12-14-29(15-13-20)18-21-6-4-3-5-7-21/h3-8,10,16,19-20,27H,9,11-15,17-18H2,1-2H3. The van der Waals surface area contributed by atoms with E-state index in [-0.39, 0.29) is 5.78 Å². The molecule has 0 spiro atoms. The maximum absolute atomic E-state index is 13.0. The van der Waals surface area contributed by atoms with Crippen LogP contribution >= 0.6 is 0 Å². The number of Topliss-reactive ketones (excluding diaryl/α,β-unsaturated/α-hetero) is 1. The highest BCUT2D eigenvalue weighted by Gasteiger charge is 2.21. The molecule has 0 bridgehead atoms. The van der Waals surface area contributed by atoms with Crippen LogP contribution < -0.4 is 5.32 Å². The number of benzene rings is 2. The molecule has 1 aliphatic rings. The number of nitrogens with zero attached hydrogens (tertiary/aromatic N) is 2. The van der Waals surface area contributed by atoms with Gasteiger partial charge in [-0.15, -0.1) is 0 Å². The SMILES string of the molecule is CNCc1ccc2c(c1)c(C(=O)CCC1CCN(Cc3ccccc3)CC1)cn2C. The molecule has 0 aliphatic carbocycles. The molecule has 0 saturated carbocycles. The molecule has 4 rings (SSSR count). The highest BCUT2D eigenvalue weighted by molar-refractivity contribution is 6.08. The van der Waals surface area contributed by atoms with Crippen LogP contribution in [0.3, 0.4) is 0 Å². The van der Waals surface area contributed by atoms with Gasteiger partial charge in [-0.05, 0) is 68.6 Å². The molecule has 2 aromatic carbocycles. The van der Waals surface area contributed by atoms with Gasteiger partial charge >= 0.3 is 0 Å². The number of piperidine rings is 1. The summed E-state index contributed by atoms with van der Waals surface area (Å²) in [6.45, 7) is 4.13. The zero-order valence-electron chi connectivity index (χ0n) is 18.2. The Balaban J connectivity index is 1.32. The van der Waals surface area contributed by atoms with Crippen molar-refractivity contribution in [3.63, 3.8) is 0 Å². The molecule has 0 atom stereocenters. The fourth-order valence-corrected chi connectivity index (χ4v) is 4.72. The van der Waals surface area contributed by atoms with Crippen LogP contribution in [0, 0.1) is 5.92 Å². The van der Waals surface area contributed by atoms with E-state index in [0.717, 1.165) is 49.1 Å². The quantitative estimate of drug-likeness (QED) is 0.550. The maximum Gasteiger partial charge on any atom is 0.165 e. The first kappa shape index (κ1) is 20.8. The summed E-state index contributed by atoms with van der Waals surface area (Å²) >= 11 is 0. The summed E-state index contributed by atoms with van der Waals surface area (Å²) in [7, 11) is 3.98. The first-order chi connectivity index (χ1) is 14.6. The van der Waals surface area contributed by atoms with Crippen molar-refractivity contribution in [2.24, 2.45) is 13.0 Å². The average Bonchev–Trinajstić information content (AvgIpc) is 3.10. The summed E-state index contributed by atoms with van der Waals surface area (Å²) in [4.78, 5) is 15.6. The van der Waals surface area contributed by atoms with Gasteiger partial charge in [-0.2, -0.15) is 0 Å². The van der Waals surface area contributed by atoms with Crippen molar-refractivity contribution in [2.45, 2.75) is 38.8 Å². The fourth-order valence-electron chi connectivity index (χ4n) is 4.72. The van der Waals surface area contributed by atoms with E-state index in [9.17, 15) is 4.79 Å². The van der Waals surface area contributed by atoms with Crippen molar-refractivity contribution >= 4 is 16.7 Å². The number of likely N-dealkylation sites (tertiary alicyclic amines) is 1. The molecule has 0 unspecified atom stereocenters. The summed E-state index contributed by atoms with van der Waals surface area (Å²) in [6, 6.07) is 17.1. The summed E-state index contributed by atoms with van der Waals surface area (Å²) in [5.41, 5.74) is 4.62. The minimum absolute atomic E-state index is 0.286. The lowest BCUT2D eigenvalue weighted by molar-refractivity contribution is 0.0963. The Morgan fingerprint density at radius 3 is 2.57 bits per heavy atom. The highest BCUT2D eigenvalue weighted by atomic mass is 16.1. The van der Waals surface area contributed by atoms with E-state index in [1.807, 2.05) is 20.3 Å². The Morgan fingerprint density at radius 1 is 1.07 bits per heavy atom. The molecule has 1 aromatic heterocycles. The van der Waals surface area contributed by atoms with E-state index in [4.69, 9.17) is 0 Å². The van der Waals surface area contributed by atoms with Crippen LogP contribution in [0.2, 0.25) is 0 Å². The van der Waals surface area contributed by atoms with Crippen LogP contribution in [0.15, 0.2) is 54.7 Å². The summed E-state index contributed by atoms with van der Waals surface area (Å²) in [5, 5.41) is 4.29. The second-order valence-electron chi connectivity index (χ2n) is 8.70. The smallest absolute Gasteiger partial charge is 0.165 e. The Bertz CT molecular complexity index is 984. The van der Waals surface area contributed by atoms with Gasteiger partial charge < -0.3 is 9.88 Å². The van der Waals surface area contributed by atoms with E-state index >= 15 is 0 Å². The van der Waals surface area contributed by atoms with Crippen molar-refractivity contribution in [3.05, 3.63) is 71.4 Å². The van der Waals surface area contributed by atoms with Crippen molar-refractivity contribution in [1.82, 2.24) is 14.8 Å². The van der Waals surface area contributed by atoms with Crippen molar-refractivity contribution in [3.8, 4) is 0 Å². The minimum atomic E-state index is 0.286. The molecule has 1 N–H and O–H groups in total. The van der Waals surface area contributed by atoms with Gasteiger partial charge in [0.05, 0.1) is 0 Å². The molecule has 1 saturated heterocycles. The number of carbonyl (C=O) groups excluding carboxylic acids is 1. The molecule has 3 aromatic rings. The van der Waals surface area contributed by atoms with Crippen LogP contribution in [-0.2, 0) is 20.1 Å². The number of hydrogen-bond donors (Lipinski definition) is 1. The van der Waals surface area contributed by atoms with Gasteiger partial charge in [-0.1, -0.05) is 36.4 Å². The molecule has 1 fully saturated rings.